The molecule has 1 unspecified atom stereocenters. The highest BCUT2D eigenvalue weighted by Gasteiger charge is 2.14. The Labute approximate surface area is 121 Å². The van der Waals surface area contributed by atoms with Crippen molar-refractivity contribution < 1.29 is 9.90 Å². The van der Waals surface area contributed by atoms with Crippen molar-refractivity contribution >= 4 is 11.7 Å². The summed E-state index contributed by atoms with van der Waals surface area (Å²) in [5.41, 5.74) is 1.54. The molecule has 5 heteroatoms. The zero-order valence-corrected chi connectivity index (χ0v) is 12.8. The van der Waals surface area contributed by atoms with Gasteiger partial charge in [0.25, 0.3) is 5.91 Å². The Hall–Kier alpha value is -1.62. The van der Waals surface area contributed by atoms with Crippen LogP contribution in [0.4, 0.5) is 5.82 Å². The van der Waals surface area contributed by atoms with Crippen LogP contribution in [-0.4, -0.2) is 47.1 Å². The minimum atomic E-state index is -0.397. The van der Waals surface area contributed by atoms with Crippen LogP contribution in [0.2, 0.25) is 0 Å². The Morgan fingerprint density at radius 2 is 2.15 bits per heavy atom. The number of nitrogens with one attached hydrogen (secondary N) is 1. The number of aliphatic hydroxyl groups excluding tert-OH is 1. The van der Waals surface area contributed by atoms with Gasteiger partial charge in [0.15, 0.2) is 0 Å². The summed E-state index contributed by atoms with van der Waals surface area (Å²) in [7, 11) is 1.75. The molecule has 0 aliphatic heterocycles. The molecule has 0 radical (unpaired) electrons. The molecule has 1 rings (SSSR count). The van der Waals surface area contributed by atoms with Gasteiger partial charge < -0.3 is 15.3 Å². The van der Waals surface area contributed by atoms with Gasteiger partial charge in [0.05, 0.1) is 6.10 Å². The molecule has 0 saturated carbocycles. The largest absolute Gasteiger partial charge is 0.393 e. The van der Waals surface area contributed by atoms with Crippen molar-refractivity contribution in [2.45, 2.75) is 39.7 Å². The maximum Gasteiger partial charge on any atom is 0.253 e. The van der Waals surface area contributed by atoms with Crippen LogP contribution >= 0.6 is 0 Å². The molecule has 1 heterocycles. The van der Waals surface area contributed by atoms with E-state index in [2.05, 4.69) is 10.3 Å². The summed E-state index contributed by atoms with van der Waals surface area (Å²) in [4.78, 5) is 18.4. The summed E-state index contributed by atoms with van der Waals surface area (Å²) in [6.45, 7) is 7.05. The Kier molecular flexibility index (Phi) is 6.45. The van der Waals surface area contributed by atoms with Crippen LogP contribution < -0.4 is 5.32 Å². The van der Waals surface area contributed by atoms with E-state index in [4.69, 9.17) is 0 Å². The van der Waals surface area contributed by atoms with Crippen molar-refractivity contribution in [2.75, 3.05) is 25.5 Å². The average molecular weight is 279 g/mol. The predicted octanol–water partition coefficient (Wildman–Crippen LogP) is 1.92. The van der Waals surface area contributed by atoms with Gasteiger partial charge in [-0.15, -0.1) is 0 Å². The second-order valence-corrected chi connectivity index (χ2v) is 4.98. The van der Waals surface area contributed by atoms with Crippen molar-refractivity contribution in [2.24, 2.45) is 0 Å². The molecule has 1 aromatic heterocycles. The van der Waals surface area contributed by atoms with Gasteiger partial charge in [0, 0.05) is 31.4 Å². The van der Waals surface area contributed by atoms with Gasteiger partial charge in [-0.3, -0.25) is 4.79 Å². The van der Waals surface area contributed by atoms with E-state index in [1.54, 1.807) is 24.9 Å². The summed E-state index contributed by atoms with van der Waals surface area (Å²) >= 11 is 0. The van der Waals surface area contributed by atoms with E-state index in [0.29, 0.717) is 18.5 Å². The van der Waals surface area contributed by atoms with Crippen LogP contribution in [0.25, 0.3) is 0 Å². The van der Waals surface area contributed by atoms with E-state index < -0.39 is 6.10 Å². The number of nitrogens with zero attached hydrogens (tertiary/aromatic N) is 2. The highest BCUT2D eigenvalue weighted by Crippen LogP contribution is 2.13. The third kappa shape index (κ3) is 4.81. The Bertz CT molecular complexity index is 447. The minimum Gasteiger partial charge on any atom is -0.393 e. The molecule has 0 bridgehead atoms. The molecular formula is C15H25N3O2. The van der Waals surface area contributed by atoms with E-state index in [1.807, 2.05) is 19.9 Å². The van der Waals surface area contributed by atoms with Gasteiger partial charge in [-0.05, 0) is 38.8 Å². The fourth-order valence-corrected chi connectivity index (χ4v) is 1.87. The second kappa shape index (κ2) is 7.85. The molecule has 20 heavy (non-hydrogen) atoms. The number of hydrogen-bond acceptors (Lipinski definition) is 4. The van der Waals surface area contributed by atoms with Gasteiger partial charge in [0.1, 0.15) is 5.82 Å². The third-order valence-electron chi connectivity index (χ3n) is 3.07. The first-order valence-corrected chi connectivity index (χ1v) is 7.16. The first-order valence-electron chi connectivity index (χ1n) is 7.16. The summed E-state index contributed by atoms with van der Waals surface area (Å²) in [5, 5.41) is 12.4. The molecule has 0 saturated heterocycles. The lowest BCUT2D eigenvalue weighted by Gasteiger charge is -2.19. The first-order chi connectivity index (χ1) is 9.47. The molecule has 0 aliphatic rings. The number of hydrogen-bond donors (Lipinski definition) is 2. The third-order valence-corrected chi connectivity index (χ3v) is 3.07. The maximum atomic E-state index is 12.4. The minimum absolute atomic E-state index is 0.0399. The Balaban J connectivity index is 2.87. The zero-order valence-electron chi connectivity index (χ0n) is 12.8. The van der Waals surface area contributed by atoms with E-state index in [-0.39, 0.29) is 5.91 Å². The topological polar surface area (TPSA) is 65.5 Å². The number of aromatic nitrogens is 1. The van der Waals surface area contributed by atoms with Gasteiger partial charge in [0.2, 0.25) is 0 Å². The number of pyridine rings is 1. The molecular weight excluding hydrogens is 254 g/mol. The smallest absolute Gasteiger partial charge is 0.253 e. The van der Waals surface area contributed by atoms with Gasteiger partial charge in [-0.25, -0.2) is 4.98 Å². The van der Waals surface area contributed by atoms with E-state index >= 15 is 0 Å². The predicted molar refractivity (Wildman–Crippen MR) is 81.0 cm³/mol. The van der Waals surface area contributed by atoms with Crippen molar-refractivity contribution in [3.63, 3.8) is 0 Å². The van der Waals surface area contributed by atoms with E-state index in [1.165, 1.54) is 0 Å². The number of rotatable bonds is 7. The molecule has 2 N–H and O–H groups in total. The molecule has 0 fully saturated rings. The monoisotopic (exact) mass is 279 g/mol. The van der Waals surface area contributed by atoms with Crippen LogP contribution in [0.1, 0.15) is 43.2 Å². The van der Waals surface area contributed by atoms with Crippen molar-refractivity contribution in [3.05, 3.63) is 23.4 Å². The molecule has 0 aliphatic carbocycles. The van der Waals surface area contributed by atoms with Crippen LogP contribution in [0.5, 0.6) is 0 Å². The number of amides is 1. The summed E-state index contributed by atoms with van der Waals surface area (Å²) < 4.78 is 0. The SMILES string of the molecule is CCNc1cc(C(=O)N(C)CCC(C)O)cc(CC)n1. The quantitative estimate of drug-likeness (QED) is 0.800. The Morgan fingerprint density at radius 1 is 1.45 bits per heavy atom. The molecule has 1 atom stereocenters. The van der Waals surface area contributed by atoms with Crippen LogP contribution in [0, 0.1) is 0 Å². The summed E-state index contributed by atoms with van der Waals surface area (Å²) in [6.07, 6.45) is 0.969. The highest BCUT2D eigenvalue weighted by molar-refractivity contribution is 5.94. The second-order valence-electron chi connectivity index (χ2n) is 4.98. The van der Waals surface area contributed by atoms with Crippen LogP contribution in [0.3, 0.4) is 0 Å². The van der Waals surface area contributed by atoms with Gasteiger partial charge >= 0.3 is 0 Å². The standard InChI is InChI=1S/C15H25N3O2/c1-5-13-9-12(10-14(17-13)16-6-2)15(20)18(4)8-7-11(3)19/h9-11,19H,5-8H2,1-4H3,(H,16,17). The summed E-state index contributed by atoms with van der Waals surface area (Å²) in [6, 6.07) is 3.62. The lowest BCUT2D eigenvalue weighted by Crippen LogP contribution is -2.29. The molecule has 0 aromatic carbocycles. The highest BCUT2D eigenvalue weighted by atomic mass is 16.3. The van der Waals surface area contributed by atoms with Crippen molar-refractivity contribution in [1.82, 2.24) is 9.88 Å². The number of carbonyl (C=O) groups is 1. The number of anilines is 1. The molecule has 0 spiro atoms. The fraction of sp³-hybridized carbons (Fsp3) is 0.600. The first kappa shape index (κ1) is 16.4. The molecule has 1 aromatic rings. The van der Waals surface area contributed by atoms with Gasteiger partial charge in [-0.1, -0.05) is 6.92 Å². The lowest BCUT2D eigenvalue weighted by atomic mass is 10.1. The fourth-order valence-electron chi connectivity index (χ4n) is 1.87. The Morgan fingerprint density at radius 3 is 2.70 bits per heavy atom. The van der Waals surface area contributed by atoms with Crippen LogP contribution in [-0.2, 0) is 6.42 Å². The van der Waals surface area contributed by atoms with E-state index in [9.17, 15) is 9.90 Å². The van der Waals surface area contributed by atoms with E-state index in [0.717, 1.165) is 24.5 Å². The average Bonchev–Trinajstić information content (AvgIpc) is 2.43. The summed E-state index contributed by atoms with van der Waals surface area (Å²) in [5.74, 6) is 0.695. The number of aryl methyl sites for hydroxylation is 1. The normalized spacial score (nSPS) is 12.1. The van der Waals surface area contributed by atoms with Crippen molar-refractivity contribution in [1.29, 1.82) is 0 Å². The molecule has 5 nitrogen and oxygen atoms in total. The molecule has 1 amide bonds. The number of aliphatic hydroxyl groups is 1. The van der Waals surface area contributed by atoms with Crippen LogP contribution in [0.15, 0.2) is 12.1 Å². The number of carbonyl (C=O) groups excluding carboxylic acids is 1. The zero-order chi connectivity index (χ0) is 15.1. The molecule has 112 valence electrons. The lowest BCUT2D eigenvalue weighted by molar-refractivity contribution is 0.0769. The van der Waals surface area contributed by atoms with Crippen molar-refractivity contribution in [3.8, 4) is 0 Å². The maximum absolute atomic E-state index is 12.4. The van der Waals surface area contributed by atoms with Gasteiger partial charge in [-0.2, -0.15) is 0 Å².